The Kier molecular flexibility index (Phi) is 19.3. The molecule has 64 heavy (non-hydrogen) atoms. The van der Waals surface area contributed by atoms with Gasteiger partial charge in [-0.15, -0.1) is 0 Å². The van der Waals surface area contributed by atoms with E-state index in [-0.39, 0.29) is 6.54 Å². The van der Waals surface area contributed by atoms with E-state index in [1.54, 1.807) is 18.2 Å². The molecule has 1 amide bonds. The van der Waals surface area contributed by atoms with Crippen LogP contribution in [0.4, 0.5) is 5.82 Å². The highest BCUT2D eigenvalue weighted by atomic mass is 16.8. The lowest BCUT2D eigenvalue weighted by atomic mass is 9.94. The van der Waals surface area contributed by atoms with E-state index >= 15 is 0 Å². The molecule has 4 saturated heterocycles. The number of carbonyl (C=O) groups is 1. The Hall–Kier alpha value is -2.50. The van der Waals surface area contributed by atoms with Crippen molar-refractivity contribution >= 4 is 11.7 Å². The molecular formula is C37H61N3O24. The molecule has 0 saturated carbocycles. The molecule has 0 bridgehead atoms. The van der Waals surface area contributed by atoms with E-state index in [9.17, 15) is 81.4 Å². The second-order valence-electron chi connectivity index (χ2n) is 15.8. The monoisotopic (exact) mass is 931 g/mol. The Morgan fingerprint density at radius 1 is 0.656 bits per heavy atom. The summed E-state index contributed by atoms with van der Waals surface area (Å²) < 4.78 is 46.1. The number of aromatic nitrogens is 1. The third-order valence-corrected chi connectivity index (χ3v) is 11.3. The fourth-order valence-electron chi connectivity index (χ4n) is 7.64. The van der Waals surface area contributed by atoms with Crippen LogP contribution >= 0.6 is 0 Å². The zero-order valence-electron chi connectivity index (χ0n) is 34.5. The number of rotatable bonds is 19. The molecule has 0 radical (unpaired) electrons. The van der Waals surface area contributed by atoms with Gasteiger partial charge in [0.2, 0.25) is 5.91 Å². The van der Waals surface area contributed by atoms with E-state index in [2.05, 4.69) is 15.6 Å². The van der Waals surface area contributed by atoms with Gasteiger partial charge in [-0.05, 0) is 19.1 Å². The van der Waals surface area contributed by atoms with Crippen LogP contribution < -0.4 is 10.6 Å². The smallest absolute Gasteiger partial charge is 0.217 e. The van der Waals surface area contributed by atoms with Gasteiger partial charge < -0.3 is 125 Å². The Morgan fingerprint density at radius 3 is 1.83 bits per heavy atom. The Balaban J connectivity index is 1.41. The predicted octanol–water partition coefficient (Wildman–Crippen LogP) is -9.60. The van der Waals surface area contributed by atoms with Crippen molar-refractivity contribution in [2.45, 2.75) is 161 Å². The number of anilines is 1. The summed E-state index contributed by atoms with van der Waals surface area (Å²) in [5.41, 5.74) is 0. The predicted molar refractivity (Wildman–Crippen MR) is 205 cm³/mol. The van der Waals surface area contributed by atoms with Crippen LogP contribution in [0.25, 0.3) is 0 Å². The first kappa shape index (κ1) is 52.5. The number of hydrogen-bond donors (Lipinski definition) is 17. The number of aliphatic hydroxyl groups excluding tert-OH is 15. The Labute approximate surface area is 364 Å². The molecule has 4 fully saturated rings. The molecule has 1 aromatic rings. The maximum absolute atomic E-state index is 12.7. The van der Waals surface area contributed by atoms with Crippen LogP contribution in [0.3, 0.4) is 0 Å². The summed E-state index contributed by atoms with van der Waals surface area (Å²) in [7, 11) is 0. The number of ether oxygens (including phenoxy) is 8. The van der Waals surface area contributed by atoms with Gasteiger partial charge in [-0.25, -0.2) is 4.98 Å². The molecule has 368 valence electrons. The van der Waals surface area contributed by atoms with Gasteiger partial charge in [-0.3, -0.25) is 4.79 Å². The molecule has 27 nitrogen and oxygen atoms in total. The summed E-state index contributed by atoms with van der Waals surface area (Å²) in [5, 5.41) is 165. The largest absolute Gasteiger partial charge is 0.394 e. The number of nitrogens with zero attached hydrogens (tertiary/aromatic N) is 1. The van der Waals surface area contributed by atoms with Crippen LogP contribution in [-0.2, 0) is 42.7 Å². The minimum atomic E-state index is -2.16. The first-order chi connectivity index (χ1) is 30.4. The van der Waals surface area contributed by atoms with Gasteiger partial charge in [0, 0.05) is 19.7 Å². The van der Waals surface area contributed by atoms with Crippen LogP contribution in [-0.4, -0.2) is 268 Å². The highest BCUT2D eigenvalue weighted by Crippen LogP contribution is 2.35. The summed E-state index contributed by atoms with van der Waals surface area (Å²) in [6.45, 7) is -1.93. The van der Waals surface area contributed by atoms with Gasteiger partial charge in [0.1, 0.15) is 116 Å². The first-order valence-corrected chi connectivity index (χ1v) is 20.4. The molecule has 27 heteroatoms. The maximum Gasteiger partial charge on any atom is 0.217 e. The van der Waals surface area contributed by atoms with Gasteiger partial charge in [-0.2, -0.15) is 0 Å². The molecule has 0 aromatic carbocycles. The van der Waals surface area contributed by atoms with Gasteiger partial charge in [0.25, 0.3) is 0 Å². The molecule has 0 unspecified atom stereocenters. The first-order valence-electron chi connectivity index (χ1n) is 20.4. The number of aliphatic hydroxyl groups is 15. The molecule has 17 N–H and O–H groups in total. The lowest BCUT2D eigenvalue weighted by Crippen LogP contribution is -2.70. The van der Waals surface area contributed by atoms with Gasteiger partial charge in [0.05, 0.1) is 38.6 Å². The van der Waals surface area contributed by atoms with Crippen molar-refractivity contribution in [3.63, 3.8) is 0 Å². The summed E-state index contributed by atoms with van der Waals surface area (Å²) in [6.07, 6.45) is -41.0. The van der Waals surface area contributed by atoms with Crippen molar-refractivity contribution in [3.05, 3.63) is 24.4 Å². The molecular weight excluding hydrogens is 870 g/mol. The van der Waals surface area contributed by atoms with Gasteiger partial charge in [0.15, 0.2) is 25.2 Å². The third kappa shape index (κ3) is 12.0. The molecule has 5 rings (SSSR count). The fraction of sp³-hybridized carbons (Fsp3) is 0.838. The van der Waals surface area contributed by atoms with E-state index in [0.717, 1.165) is 6.92 Å². The second-order valence-corrected chi connectivity index (χ2v) is 15.8. The van der Waals surface area contributed by atoms with Crippen molar-refractivity contribution in [2.75, 3.05) is 38.3 Å². The topological polar surface area (TPSA) is 431 Å². The molecule has 0 aliphatic carbocycles. The average molecular weight is 932 g/mol. The SMILES string of the molecule is CC(=O)N[C@H]1[C@H](O[C@H]2[C@@H](O)[C@@H](CO)O[C@@H](O[C@@H]([C@H](O)[C@@H](O)CNc3ccccn3)[C@H](O)CO)[C@@H]2O)O[C@H](CO)[C@@H](O)[C@@H]1O[C@@H]1O[C@H](CO)[C@H](O)[C@H](O)[C@H]1O[C@@H]1O[C@@H](C)[C@@H](O)[C@@H](O)[C@@H]1O. The summed E-state index contributed by atoms with van der Waals surface area (Å²) >= 11 is 0. The van der Waals surface area contributed by atoms with E-state index in [0.29, 0.717) is 5.82 Å². The van der Waals surface area contributed by atoms with Crippen LogP contribution in [0.15, 0.2) is 24.4 Å². The second kappa shape index (κ2) is 23.5. The normalized spacial score (nSPS) is 42.6. The standard InChI is InChI=1S/C37H61N3O24/c1-12-21(48)26(53)28(55)35(57-12)64-33-27(54)23(50)16(9-42)60-37(33)62-31-20(40-13(2)45)34(58-17(10-43)24(31)51)63-32-25(52)18(11-44)59-36(29(32)56)61-30(15(47)8-41)22(49)14(46)7-39-19-5-3-4-6-38-19/h3-6,12,14-18,20-37,41-44,46-56H,7-11H2,1-2H3,(H,38,39)(H,40,45)/t12-,14-,15+,16+,17+,18+,20+,21+,22+,23-,24+,25-,26+,27-,28-,29+,30+,31+,32-,33+,34-,35-,36-,37-/m0/s1. The van der Waals surface area contributed by atoms with E-state index < -0.39 is 180 Å². The van der Waals surface area contributed by atoms with E-state index in [1.807, 2.05) is 0 Å². The number of nitrogens with one attached hydrogen (secondary N) is 2. The number of carbonyl (C=O) groups excluding carboxylic acids is 1. The van der Waals surface area contributed by atoms with Crippen LogP contribution in [0, 0.1) is 0 Å². The van der Waals surface area contributed by atoms with Gasteiger partial charge >= 0.3 is 0 Å². The lowest BCUT2D eigenvalue weighted by Gasteiger charge is -2.50. The third-order valence-electron chi connectivity index (χ3n) is 11.3. The van der Waals surface area contributed by atoms with E-state index in [1.165, 1.54) is 13.1 Å². The summed E-state index contributed by atoms with van der Waals surface area (Å²) in [4.78, 5) is 16.7. The number of amides is 1. The lowest BCUT2D eigenvalue weighted by molar-refractivity contribution is -0.387. The van der Waals surface area contributed by atoms with Crippen molar-refractivity contribution in [1.82, 2.24) is 10.3 Å². The van der Waals surface area contributed by atoms with Gasteiger partial charge in [-0.1, -0.05) is 6.07 Å². The molecule has 4 aliphatic heterocycles. The van der Waals surface area contributed by atoms with Crippen molar-refractivity contribution in [2.24, 2.45) is 0 Å². The zero-order chi connectivity index (χ0) is 47.2. The summed E-state index contributed by atoms with van der Waals surface area (Å²) in [6, 6.07) is 3.09. The highest BCUT2D eigenvalue weighted by molar-refractivity contribution is 5.73. The molecule has 24 atom stereocenters. The van der Waals surface area contributed by atoms with Crippen molar-refractivity contribution in [3.8, 4) is 0 Å². The minimum Gasteiger partial charge on any atom is -0.394 e. The Bertz CT molecular complexity index is 1560. The van der Waals surface area contributed by atoms with Crippen LogP contribution in [0.5, 0.6) is 0 Å². The van der Waals surface area contributed by atoms with E-state index in [4.69, 9.17) is 37.9 Å². The molecule has 4 aliphatic rings. The number of hydrogen-bond acceptors (Lipinski definition) is 26. The molecule has 1 aromatic heterocycles. The highest BCUT2D eigenvalue weighted by Gasteiger charge is 2.56. The zero-order valence-corrected chi connectivity index (χ0v) is 34.5. The number of pyridine rings is 1. The average Bonchev–Trinajstić information content (AvgIpc) is 3.28. The molecule has 5 heterocycles. The van der Waals surface area contributed by atoms with Crippen LogP contribution in [0.2, 0.25) is 0 Å². The van der Waals surface area contributed by atoms with Crippen molar-refractivity contribution < 1.29 is 119 Å². The quantitative estimate of drug-likeness (QED) is 0.0612. The Morgan fingerprint density at radius 2 is 1.23 bits per heavy atom. The van der Waals surface area contributed by atoms with Crippen LogP contribution in [0.1, 0.15) is 13.8 Å². The molecule has 0 spiro atoms. The maximum atomic E-state index is 12.7. The fourth-order valence-corrected chi connectivity index (χ4v) is 7.64. The minimum absolute atomic E-state index is 0.307. The van der Waals surface area contributed by atoms with Crippen molar-refractivity contribution in [1.29, 1.82) is 0 Å². The summed E-state index contributed by atoms with van der Waals surface area (Å²) in [5.74, 6) is -0.526.